The smallest absolute Gasteiger partial charge is 0.199 e. The zero-order chi connectivity index (χ0) is 31.6. The molecule has 0 fully saturated rings. The minimum atomic E-state index is -0.641. The molecular weight excluding hydrogens is 581 g/mol. The van der Waals surface area contributed by atoms with E-state index in [1.807, 2.05) is 23.5 Å². The molecule has 5 heteroatoms. The van der Waals surface area contributed by atoms with Crippen molar-refractivity contribution in [1.82, 2.24) is 0 Å². The topological polar surface area (TPSA) is 35.5 Å². The molecule has 244 valence electrons. The summed E-state index contributed by atoms with van der Waals surface area (Å²) in [5.41, 5.74) is 4.81. The van der Waals surface area contributed by atoms with Crippen LogP contribution in [0.15, 0.2) is 46.2 Å². The zero-order valence-corrected chi connectivity index (χ0v) is 30.1. The number of Topliss-reactive ketones (excluding diaryl/α,β-unsaturated/α-hetero) is 1. The summed E-state index contributed by atoms with van der Waals surface area (Å²) < 4.78 is 13.2. The van der Waals surface area contributed by atoms with Gasteiger partial charge in [0, 0.05) is 23.0 Å². The van der Waals surface area contributed by atoms with Crippen molar-refractivity contribution in [2.75, 3.05) is 24.7 Å². The lowest BCUT2D eigenvalue weighted by atomic mass is 9.79. The van der Waals surface area contributed by atoms with Gasteiger partial charge in [0.1, 0.15) is 12.2 Å². The highest BCUT2D eigenvalue weighted by Gasteiger charge is 2.36. The minimum absolute atomic E-state index is 0.0366. The fourth-order valence-electron chi connectivity index (χ4n) is 6.47. The second-order valence-corrected chi connectivity index (χ2v) is 16.5. The van der Waals surface area contributed by atoms with E-state index >= 15 is 0 Å². The third-order valence-electron chi connectivity index (χ3n) is 9.62. The van der Waals surface area contributed by atoms with E-state index in [1.54, 1.807) is 0 Å². The lowest BCUT2D eigenvalue weighted by Crippen LogP contribution is -2.28. The predicted molar refractivity (Wildman–Crippen MR) is 190 cm³/mol. The molecule has 0 amide bonds. The molecule has 0 spiro atoms. The Hall–Kier alpha value is -1.27. The molecule has 4 rings (SSSR count). The number of hydrogen-bond donors (Lipinski definition) is 0. The van der Waals surface area contributed by atoms with Gasteiger partial charge in [-0.15, -0.1) is 23.5 Å². The third kappa shape index (κ3) is 9.39. The molecular formula is C39H58O3S2. The minimum Gasteiger partial charge on any atom is -0.366 e. The van der Waals surface area contributed by atoms with Crippen molar-refractivity contribution >= 4 is 29.3 Å². The number of rotatable bonds is 18. The first kappa shape index (κ1) is 35.6. The zero-order valence-electron chi connectivity index (χ0n) is 28.5. The summed E-state index contributed by atoms with van der Waals surface area (Å²) in [4.78, 5) is 17.5. The van der Waals surface area contributed by atoms with E-state index in [9.17, 15) is 4.79 Å². The molecule has 44 heavy (non-hydrogen) atoms. The molecule has 2 aliphatic heterocycles. The molecule has 3 nitrogen and oxygen atoms in total. The molecule has 0 N–H and O–H groups in total. The van der Waals surface area contributed by atoms with Crippen LogP contribution in [0.5, 0.6) is 0 Å². The first-order valence-electron chi connectivity index (χ1n) is 17.5. The van der Waals surface area contributed by atoms with E-state index in [1.165, 1.54) is 59.4 Å². The average molecular weight is 639 g/mol. The summed E-state index contributed by atoms with van der Waals surface area (Å²) in [7, 11) is 0. The number of thioether (sulfide) groups is 2. The molecule has 0 radical (unpaired) electrons. The van der Waals surface area contributed by atoms with Gasteiger partial charge >= 0.3 is 0 Å². The van der Waals surface area contributed by atoms with Crippen LogP contribution in [0.3, 0.4) is 0 Å². The van der Waals surface area contributed by atoms with Crippen LogP contribution in [-0.2, 0) is 25.1 Å². The molecule has 0 saturated carbocycles. The van der Waals surface area contributed by atoms with Gasteiger partial charge in [-0.3, -0.25) is 4.79 Å². The van der Waals surface area contributed by atoms with E-state index in [0.717, 1.165) is 61.2 Å². The summed E-state index contributed by atoms with van der Waals surface area (Å²) >= 11 is 3.86. The number of unbranched alkanes of at least 4 members (excludes halogenated alkanes) is 8. The number of ether oxygens (including phenoxy) is 2. The summed E-state index contributed by atoms with van der Waals surface area (Å²) in [6, 6.07) is 13.3. The van der Waals surface area contributed by atoms with Gasteiger partial charge in [-0.05, 0) is 82.4 Å². The molecule has 2 aromatic carbocycles. The standard InChI is InChI=1S/C39H58O3S2/c1-7-9-11-13-15-23-41-36(29-17-19-33-31(27-29)38(3,4)21-25-43-33)35(40)37(42-24-16-14-12-10-8-2)30-18-20-34-32(28-30)39(5,6)22-26-44-34/h17-20,27-28,36-37H,7-16,21-26H2,1-6H3. The molecule has 0 bridgehead atoms. The molecule has 2 aromatic rings. The largest absolute Gasteiger partial charge is 0.366 e. The van der Waals surface area contributed by atoms with Crippen molar-refractivity contribution in [3.63, 3.8) is 0 Å². The van der Waals surface area contributed by atoms with Gasteiger partial charge in [0.05, 0.1) is 0 Å². The fraction of sp³-hybridized carbons (Fsp3) is 0.667. The van der Waals surface area contributed by atoms with Gasteiger partial charge in [0.2, 0.25) is 0 Å². The number of carbonyl (C=O) groups excluding carboxylic acids is 1. The number of fused-ring (bicyclic) bond motifs is 2. The van der Waals surface area contributed by atoms with Crippen molar-refractivity contribution in [3.05, 3.63) is 58.7 Å². The van der Waals surface area contributed by atoms with Gasteiger partial charge in [-0.1, -0.05) is 117 Å². The molecule has 2 atom stereocenters. The Balaban J connectivity index is 1.65. The number of benzene rings is 2. The van der Waals surface area contributed by atoms with Gasteiger partial charge in [-0.25, -0.2) is 0 Å². The van der Waals surface area contributed by atoms with Crippen molar-refractivity contribution in [2.45, 2.75) is 151 Å². The van der Waals surface area contributed by atoms with E-state index < -0.39 is 12.2 Å². The summed E-state index contributed by atoms with van der Waals surface area (Å²) in [5, 5.41) is 0. The summed E-state index contributed by atoms with van der Waals surface area (Å²) in [6.07, 6.45) is 12.6. The second-order valence-electron chi connectivity index (χ2n) is 14.2. The highest BCUT2D eigenvalue weighted by atomic mass is 32.2. The maximum atomic E-state index is 14.8. The van der Waals surface area contributed by atoms with Crippen LogP contribution in [-0.4, -0.2) is 30.5 Å². The lowest BCUT2D eigenvalue weighted by molar-refractivity contribution is -0.144. The van der Waals surface area contributed by atoms with Crippen LogP contribution < -0.4 is 0 Å². The number of carbonyl (C=O) groups is 1. The van der Waals surface area contributed by atoms with Gasteiger partial charge in [-0.2, -0.15) is 0 Å². The van der Waals surface area contributed by atoms with Crippen LogP contribution >= 0.6 is 23.5 Å². The van der Waals surface area contributed by atoms with Crippen LogP contribution in [0.2, 0.25) is 0 Å². The molecule has 2 aliphatic rings. The average Bonchev–Trinajstić information content (AvgIpc) is 3.00. The first-order valence-corrected chi connectivity index (χ1v) is 19.5. The van der Waals surface area contributed by atoms with Crippen molar-refractivity contribution in [2.24, 2.45) is 0 Å². The molecule has 0 aromatic heterocycles. The Labute approximate surface area is 277 Å². The van der Waals surface area contributed by atoms with Crippen LogP contribution in [0.25, 0.3) is 0 Å². The highest BCUT2D eigenvalue weighted by Crippen LogP contribution is 2.45. The van der Waals surface area contributed by atoms with E-state index in [4.69, 9.17) is 9.47 Å². The SMILES string of the molecule is CCCCCCCOC(C(=O)C(OCCCCCCC)c1ccc2c(c1)C(C)(C)CCS2)c1ccc2c(c1)C(C)(C)CCS2. The quantitative estimate of drug-likeness (QED) is 0.152. The van der Waals surface area contributed by atoms with Crippen LogP contribution in [0.4, 0.5) is 0 Å². The molecule has 2 unspecified atom stereocenters. The monoisotopic (exact) mass is 638 g/mol. The van der Waals surface area contributed by atoms with Gasteiger partial charge in [0.25, 0.3) is 0 Å². The number of hydrogen-bond acceptors (Lipinski definition) is 5. The first-order chi connectivity index (χ1) is 21.2. The Morgan fingerprint density at radius 2 is 1.07 bits per heavy atom. The Kier molecular flexibility index (Phi) is 13.8. The maximum absolute atomic E-state index is 14.8. The highest BCUT2D eigenvalue weighted by molar-refractivity contribution is 7.99. The van der Waals surface area contributed by atoms with Gasteiger partial charge < -0.3 is 9.47 Å². The normalized spacial score (nSPS) is 18.3. The van der Waals surface area contributed by atoms with E-state index in [0.29, 0.717) is 13.2 Å². The fourth-order valence-corrected chi connectivity index (χ4v) is 9.44. The van der Waals surface area contributed by atoms with Crippen LogP contribution in [0, 0.1) is 0 Å². The lowest BCUT2D eigenvalue weighted by Gasteiger charge is -2.34. The predicted octanol–water partition coefficient (Wildman–Crippen LogP) is 11.6. The molecule has 2 heterocycles. The van der Waals surface area contributed by atoms with Crippen LogP contribution in [0.1, 0.15) is 153 Å². The maximum Gasteiger partial charge on any atom is 0.199 e. The van der Waals surface area contributed by atoms with Crippen molar-refractivity contribution in [3.8, 4) is 0 Å². The van der Waals surface area contributed by atoms with E-state index in [-0.39, 0.29) is 16.6 Å². The van der Waals surface area contributed by atoms with Crippen molar-refractivity contribution < 1.29 is 14.3 Å². The third-order valence-corrected chi connectivity index (χ3v) is 11.8. The molecule has 0 saturated heterocycles. The summed E-state index contributed by atoms with van der Waals surface area (Å²) in [6.45, 7) is 15.0. The Morgan fingerprint density at radius 3 is 1.48 bits per heavy atom. The number of ketones is 1. The Morgan fingerprint density at radius 1 is 0.659 bits per heavy atom. The second kappa shape index (κ2) is 17.0. The van der Waals surface area contributed by atoms with Gasteiger partial charge in [0.15, 0.2) is 5.78 Å². The van der Waals surface area contributed by atoms with Crippen molar-refractivity contribution in [1.29, 1.82) is 0 Å². The summed E-state index contributed by atoms with van der Waals surface area (Å²) in [5.74, 6) is 2.31. The molecule has 0 aliphatic carbocycles. The Bertz CT molecular complexity index is 1110. The van der Waals surface area contributed by atoms with E-state index in [2.05, 4.69) is 77.9 Å².